The highest BCUT2D eigenvalue weighted by atomic mass is 35.5. The fourth-order valence-electron chi connectivity index (χ4n) is 2.83. The van der Waals surface area contributed by atoms with E-state index in [0.29, 0.717) is 28.3 Å². The third-order valence-electron chi connectivity index (χ3n) is 3.83. The summed E-state index contributed by atoms with van der Waals surface area (Å²) in [7, 11) is 0. The minimum Gasteiger partial charge on any atom is -0.480 e. The average molecular weight is 328 g/mol. The molecule has 2 rings (SSSR count). The van der Waals surface area contributed by atoms with Gasteiger partial charge in [-0.1, -0.05) is 43.0 Å². The van der Waals surface area contributed by atoms with Crippen molar-refractivity contribution in [2.45, 2.75) is 43.3 Å². The molecule has 0 spiro atoms. The number of hydrogen-bond donors (Lipinski definition) is 2. The van der Waals surface area contributed by atoms with E-state index in [-0.39, 0.29) is 0 Å². The van der Waals surface area contributed by atoms with E-state index in [1.165, 1.54) is 19.3 Å². The predicted molar refractivity (Wildman–Crippen MR) is 84.8 cm³/mol. The van der Waals surface area contributed by atoms with E-state index in [1.54, 1.807) is 12.1 Å². The van der Waals surface area contributed by atoms with E-state index < -0.39 is 16.5 Å². The van der Waals surface area contributed by atoms with Crippen LogP contribution in [0.1, 0.15) is 54.4 Å². The number of hydrogen-bond acceptors (Lipinski definition) is 3. The number of thioether (sulfide) groups is 1. The van der Waals surface area contributed by atoms with E-state index in [1.807, 2.05) is 6.07 Å². The maximum absolute atomic E-state index is 11.3. The second-order valence-electron chi connectivity index (χ2n) is 5.27. The maximum Gasteiger partial charge on any atom is 0.321 e. The van der Waals surface area contributed by atoms with Gasteiger partial charge in [-0.25, -0.2) is 0 Å². The minimum atomic E-state index is -1.10. The summed E-state index contributed by atoms with van der Waals surface area (Å²) in [6.45, 7) is 0. The molecule has 6 heteroatoms. The molecule has 4 nitrogen and oxygen atoms in total. The van der Waals surface area contributed by atoms with Crippen LogP contribution in [0.25, 0.3) is 0 Å². The van der Waals surface area contributed by atoms with Crippen LogP contribution in [0, 0.1) is 0 Å². The molecule has 1 aliphatic rings. The van der Waals surface area contributed by atoms with E-state index in [4.69, 9.17) is 17.3 Å². The first-order valence-electron chi connectivity index (χ1n) is 6.97. The molecule has 0 aliphatic heterocycles. The van der Waals surface area contributed by atoms with Gasteiger partial charge < -0.3 is 10.8 Å². The van der Waals surface area contributed by atoms with Crippen molar-refractivity contribution in [1.29, 1.82) is 0 Å². The number of halogens is 1. The first kappa shape index (κ1) is 16.2. The maximum atomic E-state index is 11.3. The van der Waals surface area contributed by atoms with Crippen LogP contribution in [0.5, 0.6) is 0 Å². The van der Waals surface area contributed by atoms with Gasteiger partial charge >= 0.3 is 5.97 Å². The summed E-state index contributed by atoms with van der Waals surface area (Å²) in [5, 5.41) is 8.07. The summed E-state index contributed by atoms with van der Waals surface area (Å²) in [5.41, 5.74) is 6.65. The Morgan fingerprint density at radius 1 is 1.29 bits per heavy atom. The van der Waals surface area contributed by atoms with E-state index >= 15 is 0 Å². The molecule has 1 unspecified atom stereocenters. The first-order valence-corrected chi connectivity index (χ1v) is 8.23. The highest BCUT2D eigenvalue weighted by Gasteiger charge is 2.25. The second kappa shape index (κ2) is 7.18. The number of carbonyl (C=O) groups is 2. The summed E-state index contributed by atoms with van der Waals surface area (Å²) in [6.07, 6.45) is 5.92. The zero-order chi connectivity index (χ0) is 15.4. The number of primary amides is 1. The molecule has 1 aliphatic carbocycles. The third-order valence-corrected chi connectivity index (χ3v) is 5.10. The summed E-state index contributed by atoms with van der Waals surface area (Å²) in [4.78, 5) is 22.2. The molecular weight excluding hydrogens is 310 g/mol. The van der Waals surface area contributed by atoms with Gasteiger partial charge in [0, 0.05) is 5.02 Å². The molecule has 0 saturated heterocycles. The van der Waals surface area contributed by atoms with Gasteiger partial charge in [-0.05, 0) is 47.7 Å². The summed E-state index contributed by atoms with van der Waals surface area (Å²) in [5.74, 6) is -0.646. The van der Waals surface area contributed by atoms with Crippen molar-refractivity contribution in [1.82, 2.24) is 0 Å². The van der Waals surface area contributed by atoms with E-state index in [9.17, 15) is 14.7 Å². The number of amides is 1. The summed E-state index contributed by atoms with van der Waals surface area (Å²) in [6, 6.07) is 5.29. The fraction of sp³-hybridized carbons (Fsp3) is 0.467. The lowest BCUT2D eigenvalue weighted by atomic mass is 9.84. The molecule has 1 aromatic carbocycles. The van der Waals surface area contributed by atoms with Gasteiger partial charge in [0.1, 0.15) is 5.25 Å². The third kappa shape index (κ3) is 4.14. The molecular formula is C15H18ClNO3S. The van der Waals surface area contributed by atoms with Crippen LogP contribution in [-0.2, 0) is 4.79 Å². The molecule has 3 N–H and O–H groups in total. The van der Waals surface area contributed by atoms with Crippen molar-refractivity contribution in [3.63, 3.8) is 0 Å². The second-order valence-corrected chi connectivity index (χ2v) is 6.79. The van der Waals surface area contributed by atoms with Crippen molar-refractivity contribution in [2.75, 3.05) is 0 Å². The number of rotatable bonds is 4. The molecule has 1 atom stereocenters. The van der Waals surface area contributed by atoms with Crippen molar-refractivity contribution in [3.8, 4) is 0 Å². The summed E-state index contributed by atoms with van der Waals surface area (Å²) >= 11 is 6.92. The van der Waals surface area contributed by atoms with Gasteiger partial charge in [0.2, 0.25) is 0 Å². The monoisotopic (exact) mass is 327 g/mol. The van der Waals surface area contributed by atoms with Crippen LogP contribution >= 0.6 is 23.4 Å². The van der Waals surface area contributed by atoms with E-state index in [2.05, 4.69) is 0 Å². The predicted octanol–water partition coefficient (Wildman–Crippen LogP) is 4.33. The van der Waals surface area contributed by atoms with Gasteiger partial charge in [-0.2, -0.15) is 0 Å². The largest absolute Gasteiger partial charge is 0.480 e. The molecule has 21 heavy (non-hydrogen) atoms. The lowest BCUT2D eigenvalue weighted by Gasteiger charge is -2.23. The molecule has 1 aromatic rings. The number of nitrogens with two attached hydrogens (primary N) is 1. The lowest BCUT2D eigenvalue weighted by molar-refractivity contribution is -0.136. The smallest absolute Gasteiger partial charge is 0.321 e. The van der Waals surface area contributed by atoms with Gasteiger partial charge in [-0.3, -0.25) is 9.59 Å². The van der Waals surface area contributed by atoms with Gasteiger partial charge in [-0.15, -0.1) is 0 Å². The SMILES string of the molecule is NC(=O)SC(C(=O)O)c1ccc(C2CCCCC2)c(Cl)c1. The summed E-state index contributed by atoms with van der Waals surface area (Å²) < 4.78 is 0. The Morgan fingerprint density at radius 2 is 1.95 bits per heavy atom. The number of carbonyl (C=O) groups excluding carboxylic acids is 1. The van der Waals surface area contributed by atoms with Crippen molar-refractivity contribution >= 4 is 34.6 Å². The van der Waals surface area contributed by atoms with Crippen LogP contribution < -0.4 is 5.73 Å². The van der Waals surface area contributed by atoms with Crippen LogP contribution in [0.15, 0.2) is 18.2 Å². The van der Waals surface area contributed by atoms with Crippen LogP contribution in [0.4, 0.5) is 4.79 Å². The molecule has 0 aromatic heterocycles. The van der Waals surface area contributed by atoms with Crippen LogP contribution in [-0.4, -0.2) is 16.3 Å². The number of aliphatic carboxylic acids is 1. The Hall–Kier alpha value is -1.20. The Kier molecular flexibility index (Phi) is 5.53. The Labute approximate surface area is 133 Å². The van der Waals surface area contributed by atoms with Crippen molar-refractivity contribution in [2.24, 2.45) is 5.73 Å². The lowest BCUT2D eigenvalue weighted by Crippen LogP contribution is -2.14. The minimum absolute atomic E-state index is 0.451. The molecule has 114 valence electrons. The van der Waals surface area contributed by atoms with Gasteiger partial charge in [0.05, 0.1) is 0 Å². The number of benzene rings is 1. The quantitative estimate of drug-likeness (QED) is 0.862. The first-order chi connectivity index (χ1) is 9.99. The number of carboxylic acid groups (broad SMARTS) is 1. The Bertz CT molecular complexity index is 544. The molecule has 0 radical (unpaired) electrons. The normalized spacial score (nSPS) is 17.4. The van der Waals surface area contributed by atoms with Gasteiger partial charge in [0.25, 0.3) is 5.24 Å². The fourth-order valence-corrected chi connectivity index (χ4v) is 3.79. The molecule has 1 saturated carbocycles. The van der Waals surface area contributed by atoms with Crippen molar-refractivity contribution < 1.29 is 14.7 Å². The molecule has 0 bridgehead atoms. The van der Waals surface area contributed by atoms with Crippen molar-refractivity contribution in [3.05, 3.63) is 34.3 Å². The molecule has 1 fully saturated rings. The number of carboxylic acids is 1. The molecule has 1 amide bonds. The highest BCUT2D eigenvalue weighted by Crippen LogP contribution is 2.38. The van der Waals surface area contributed by atoms with Crippen LogP contribution in [0.3, 0.4) is 0 Å². The highest BCUT2D eigenvalue weighted by molar-refractivity contribution is 8.14. The Morgan fingerprint density at radius 3 is 2.48 bits per heavy atom. The van der Waals surface area contributed by atoms with E-state index in [0.717, 1.165) is 18.4 Å². The topological polar surface area (TPSA) is 80.4 Å². The zero-order valence-corrected chi connectivity index (χ0v) is 13.1. The molecule has 0 heterocycles. The Balaban J connectivity index is 2.24. The van der Waals surface area contributed by atoms with Crippen LogP contribution in [0.2, 0.25) is 5.02 Å². The zero-order valence-electron chi connectivity index (χ0n) is 11.5. The van der Waals surface area contributed by atoms with Gasteiger partial charge in [0.15, 0.2) is 0 Å². The average Bonchev–Trinajstić information content (AvgIpc) is 2.45. The standard InChI is InChI=1S/C15H18ClNO3S/c16-12-8-10(13(14(18)19)21-15(17)20)6-7-11(12)9-4-2-1-3-5-9/h6-9,13H,1-5H2,(H2,17,20)(H,18,19).